The van der Waals surface area contributed by atoms with Crippen LogP contribution in [0.1, 0.15) is 35.5 Å². The maximum absolute atomic E-state index is 12.3. The largest absolute Gasteiger partial charge is 0.364 e. The molecule has 3 aromatic rings. The van der Waals surface area contributed by atoms with Crippen LogP contribution in [-0.2, 0) is 12.8 Å². The fraction of sp³-hybridized carbons (Fsp3) is 0.211. The first-order valence-corrected chi connectivity index (χ1v) is 9.66. The van der Waals surface area contributed by atoms with Crippen LogP contribution in [0, 0.1) is 0 Å². The number of carbonyl (C=O) groups excluding carboxylic acids is 2. The average Bonchev–Trinajstić information content (AvgIpc) is 3.16. The van der Waals surface area contributed by atoms with Crippen molar-refractivity contribution in [3.63, 3.8) is 0 Å². The van der Waals surface area contributed by atoms with E-state index in [1.165, 1.54) is 11.3 Å². The van der Waals surface area contributed by atoms with Crippen molar-refractivity contribution in [1.29, 1.82) is 0 Å². The molecule has 3 aromatic heterocycles. The van der Waals surface area contributed by atoms with Gasteiger partial charge in [-0.2, -0.15) is 0 Å². The van der Waals surface area contributed by atoms with Gasteiger partial charge in [0.05, 0.1) is 0 Å². The van der Waals surface area contributed by atoms with E-state index >= 15 is 0 Å². The number of amides is 3. The predicted octanol–water partition coefficient (Wildman–Crippen LogP) is 3.47. The van der Waals surface area contributed by atoms with Gasteiger partial charge in [0, 0.05) is 23.3 Å². The van der Waals surface area contributed by atoms with Crippen LogP contribution in [0.3, 0.4) is 0 Å². The maximum atomic E-state index is 12.3. The Morgan fingerprint density at radius 3 is 2.43 bits per heavy atom. The molecule has 0 saturated carbocycles. The third-order valence-electron chi connectivity index (χ3n) is 4.10. The lowest BCUT2D eigenvalue weighted by molar-refractivity contribution is 0.0994. The standard InChI is InChI=1S/C19H20N6O2S/c1-3-11-9-14(22-16(17(20)26)13(11)4-2)24-19(27)25-15-10-28-18(23-15)12-5-7-21-8-6-12/h5-10H,3-4H2,1-2H3,(H2,20,26)(H2,22,24,25,27). The van der Waals surface area contributed by atoms with Gasteiger partial charge in [0.1, 0.15) is 22.3 Å². The second-order valence-corrected chi connectivity index (χ2v) is 6.78. The fourth-order valence-corrected chi connectivity index (χ4v) is 3.58. The Morgan fingerprint density at radius 2 is 1.79 bits per heavy atom. The van der Waals surface area contributed by atoms with Crippen LogP contribution in [-0.4, -0.2) is 26.9 Å². The van der Waals surface area contributed by atoms with Gasteiger partial charge in [-0.3, -0.25) is 20.4 Å². The Labute approximate surface area is 166 Å². The van der Waals surface area contributed by atoms with Crippen LogP contribution in [0.25, 0.3) is 10.6 Å². The summed E-state index contributed by atoms with van der Waals surface area (Å²) in [6.07, 6.45) is 4.70. The highest BCUT2D eigenvalue weighted by molar-refractivity contribution is 7.13. The van der Waals surface area contributed by atoms with Crippen molar-refractivity contribution >= 4 is 34.9 Å². The predicted molar refractivity (Wildman–Crippen MR) is 109 cm³/mol. The molecule has 8 nitrogen and oxygen atoms in total. The van der Waals surface area contributed by atoms with E-state index in [9.17, 15) is 9.59 Å². The highest BCUT2D eigenvalue weighted by Gasteiger charge is 2.16. The molecule has 4 N–H and O–H groups in total. The number of nitrogens with zero attached hydrogens (tertiary/aromatic N) is 3. The number of urea groups is 1. The van der Waals surface area contributed by atoms with E-state index in [2.05, 4.69) is 25.6 Å². The molecule has 0 aromatic carbocycles. The smallest absolute Gasteiger partial charge is 0.326 e. The van der Waals surface area contributed by atoms with Crippen LogP contribution in [0.2, 0.25) is 0 Å². The van der Waals surface area contributed by atoms with Crippen molar-refractivity contribution in [2.24, 2.45) is 5.73 Å². The second kappa shape index (κ2) is 8.57. The minimum Gasteiger partial charge on any atom is -0.364 e. The molecular formula is C19H20N6O2S. The first-order chi connectivity index (χ1) is 13.5. The summed E-state index contributed by atoms with van der Waals surface area (Å²) in [5, 5.41) is 7.84. The Kier molecular flexibility index (Phi) is 5.95. The molecule has 0 bridgehead atoms. The Bertz CT molecular complexity index is 1000. The van der Waals surface area contributed by atoms with Crippen LogP contribution < -0.4 is 16.4 Å². The zero-order valence-corrected chi connectivity index (χ0v) is 16.3. The molecule has 0 aliphatic rings. The van der Waals surface area contributed by atoms with E-state index in [-0.39, 0.29) is 11.5 Å². The van der Waals surface area contributed by atoms with E-state index in [0.717, 1.165) is 21.7 Å². The van der Waals surface area contributed by atoms with Gasteiger partial charge in [0.2, 0.25) is 0 Å². The molecule has 0 spiro atoms. The second-order valence-electron chi connectivity index (χ2n) is 5.92. The van der Waals surface area contributed by atoms with Gasteiger partial charge in [-0.05, 0) is 42.2 Å². The maximum Gasteiger partial charge on any atom is 0.326 e. The molecule has 0 saturated heterocycles. The van der Waals surface area contributed by atoms with Crippen molar-refractivity contribution in [2.45, 2.75) is 26.7 Å². The van der Waals surface area contributed by atoms with Gasteiger partial charge in [0.15, 0.2) is 0 Å². The number of aryl methyl sites for hydroxylation is 1. The normalized spacial score (nSPS) is 10.5. The van der Waals surface area contributed by atoms with Gasteiger partial charge in [-0.1, -0.05) is 13.8 Å². The molecule has 28 heavy (non-hydrogen) atoms. The molecular weight excluding hydrogens is 376 g/mol. The summed E-state index contributed by atoms with van der Waals surface area (Å²) >= 11 is 1.41. The number of anilines is 2. The molecule has 0 unspecified atom stereocenters. The number of pyridine rings is 2. The molecule has 0 radical (unpaired) electrons. The number of thiazole rings is 1. The van der Waals surface area contributed by atoms with Gasteiger partial charge < -0.3 is 5.73 Å². The minimum atomic E-state index is -0.614. The third kappa shape index (κ3) is 4.32. The SMILES string of the molecule is CCc1cc(NC(=O)Nc2csc(-c3ccncc3)n2)nc(C(N)=O)c1CC. The molecule has 9 heteroatoms. The van der Waals surface area contributed by atoms with Crippen LogP contribution in [0.5, 0.6) is 0 Å². The fourth-order valence-electron chi connectivity index (χ4n) is 2.82. The summed E-state index contributed by atoms with van der Waals surface area (Å²) in [6.45, 7) is 3.91. The number of rotatable bonds is 6. The quantitative estimate of drug-likeness (QED) is 0.589. The Balaban J connectivity index is 1.76. The van der Waals surface area contributed by atoms with Gasteiger partial charge in [0.25, 0.3) is 5.91 Å². The number of carbonyl (C=O) groups is 2. The van der Waals surface area contributed by atoms with Gasteiger partial charge >= 0.3 is 6.03 Å². The molecule has 0 aliphatic carbocycles. The number of aromatic nitrogens is 3. The summed E-state index contributed by atoms with van der Waals surface area (Å²) in [6, 6.07) is 4.95. The zero-order chi connectivity index (χ0) is 20.1. The summed E-state index contributed by atoms with van der Waals surface area (Å²) in [4.78, 5) is 36.7. The Morgan fingerprint density at radius 1 is 1.07 bits per heavy atom. The van der Waals surface area contributed by atoms with Crippen molar-refractivity contribution < 1.29 is 9.59 Å². The molecule has 0 fully saturated rings. The van der Waals surface area contributed by atoms with Crippen LogP contribution >= 0.6 is 11.3 Å². The van der Waals surface area contributed by atoms with E-state index < -0.39 is 11.9 Å². The summed E-state index contributed by atoms with van der Waals surface area (Å²) < 4.78 is 0. The number of nitrogens with two attached hydrogens (primary N) is 1. The number of primary amides is 1. The topological polar surface area (TPSA) is 123 Å². The van der Waals surface area contributed by atoms with E-state index in [1.54, 1.807) is 23.8 Å². The van der Waals surface area contributed by atoms with E-state index in [0.29, 0.717) is 18.7 Å². The molecule has 0 atom stereocenters. The summed E-state index contributed by atoms with van der Waals surface area (Å²) in [5.74, 6) is 0.0763. The van der Waals surface area contributed by atoms with Gasteiger partial charge in [-0.15, -0.1) is 11.3 Å². The van der Waals surface area contributed by atoms with Crippen LogP contribution in [0.15, 0.2) is 36.0 Å². The lowest BCUT2D eigenvalue weighted by Gasteiger charge is -2.13. The highest BCUT2D eigenvalue weighted by atomic mass is 32.1. The van der Waals surface area contributed by atoms with Gasteiger partial charge in [-0.25, -0.2) is 14.8 Å². The van der Waals surface area contributed by atoms with Crippen molar-refractivity contribution in [1.82, 2.24) is 15.0 Å². The van der Waals surface area contributed by atoms with Crippen molar-refractivity contribution in [2.75, 3.05) is 10.6 Å². The van der Waals surface area contributed by atoms with Crippen LogP contribution in [0.4, 0.5) is 16.4 Å². The van der Waals surface area contributed by atoms with E-state index in [1.807, 2.05) is 26.0 Å². The molecule has 3 rings (SSSR count). The number of hydrogen-bond acceptors (Lipinski definition) is 6. The molecule has 3 amide bonds. The lowest BCUT2D eigenvalue weighted by atomic mass is 10.0. The first kappa shape index (κ1) is 19.4. The number of nitrogens with one attached hydrogen (secondary N) is 2. The third-order valence-corrected chi connectivity index (χ3v) is 4.99. The molecule has 144 valence electrons. The monoisotopic (exact) mass is 396 g/mol. The van der Waals surface area contributed by atoms with Crippen molar-refractivity contribution in [3.8, 4) is 10.6 Å². The number of hydrogen-bond donors (Lipinski definition) is 3. The van der Waals surface area contributed by atoms with E-state index in [4.69, 9.17) is 5.73 Å². The molecule has 0 aliphatic heterocycles. The average molecular weight is 396 g/mol. The summed E-state index contributed by atoms with van der Waals surface area (Å²) in [5.41, 5.74) is 8.29. The first-order valence-electron chi connectivity index (χ1n) is 8.78. The minimum absolute atomic E-state index is 0.186. The summed E-state index contributed by atoms with van der Waals surface area (Å²) in [7, 11) is 0. The Hall–Kier alpha value is -3.33. The van der Waals surface area contributed by atoms with Crippen molar-refractivity contribution in [3.05, 3.63) is 52.8 Å². The molecule has 3 heterocycles. The lowest BCUT2D eigenvalue weighted by Crippen LogP contribution is -2.23. The highest BCUT2D eigenvalue weighted by Crippen LogP contribution is 2.25. The zero-order valence-electron chi connectivity index (χ0n) is 15.5.